The lowest BCUT2D eigenvalue weighted by atomic mass is 10.1. The van der Waals surface area contributed by atoms with E-state index >= 15 is 0 Å². The van der Waals surface area contributed by atoms with E-state index in [0.717, 1.165) is 11.3 Å². The van der Waals surface area contributed by atoms with Crippen LogP contribution < -0.4 is 4.74 Å². The van der Waals surface area contributed by atoms with Crippen molar-refractivity contribution in [3.8, 4) is 5.88 Å². The van der Waals surface area contributed by atoms with Gasteiger partial charge in [-0.25, -0.2) is 14.4 Å². The molecule has 0 aliphatic carbocycles. The molecule has 0 fully saturated rings. The molecule has 1 aromatic carbocycles. The predicted octanol–water partition coefficient (Wildman–Crippen LogP) is 1.79. The minimum atomic E-state index is -0.321. The molecule has 0 saturated carbocycles. The zero-order valence-electron chi connectivity index (χ0n) is 13.0. The van der Waals surface area contributed by atoms with Gasteiger partial charge in [-0.2, -0.15) is 0 Å². The smallest absolute Gasteiger partial charge is 0.227 e. The summed E-state index contributed by atoms with van der Waals surface area (Å²) < 4.78 is 18.5. The molecule has 23 heavy (non-hydrogen) atoms. The first-order chi connectivity index (χ1) is 11.2. The quantitative estimate of drug-likeness (QED) is 0.866. The van der Waals surface area contributed by atoms with Crippen LogP contribution in [-0.4, -0.2) is 41.0 Å². The van der Waals surface area contributed by atoms with E-state index in [2.05, 4.69) is 9.97 Å². The Morgan fingerprint density at radius 3 is 2.91 bits per heavy atom. The average molecular weight is 315 g/mol. The van der Waals surface area contributed by atoms with Gasteiger partial charge in [0, 0.05) is 25.1 Å². The number of carbonyl (C=O) groups is 1. The van der Waals surface area contributed by atoms with Crippen LogP contribution in [-0.2, 0) is 24.1 Å². The predicted molar refractivity (Wildman–Crippen MR) is 82.7 cm³/mol. The highest BCUT2D eigenvalue weighted by Gasteiger charge is 2.22. The number of carbonyl (C=O) groups excluding carboxylic acids is 1. The van der Waals surface area contributed by atoms with Gasteiger partial charge in [-0.05, 0) is 24.1 Å². The molecule has 1 amide bonds. The molecule has 0 atom stereocenters. The van der Waals surface area contributed by atoms with Crippen molar-refractivity contribution in [2.24, 2.45) is 0 Å². The van der Waals surface area contributed by atoms with E-state index in [1.54, 1.807) is 24.1 Å². The van der Waals surface area contributed by atoms with Crippen LogP contribution in [0.15, 0.2) is 30.6 Å². The molecule has 0 saturated heterocycles. The van der Waals surface area contributed by atoms with Crippen LogP contribution in [0.1, 0.15) is 16.8 Å². The molecule has 0 radical (unpaired) electrons. The zero-order valence-corrected chi connectivity index (χ0v) is 13.0. The van der Waals surface area contributed by atoms with Crippen molar-refractivity contribution in [1.29, 1.82) is 0 Å². The molecule has 1 aliphatic rings. The summed E-state index contributed by atoms with van der Waals surface area (Å²) >= 11 is 0. The lowest BCUT2D eigenvalue weighted by Crippen LogP contribution is -2.34. The van der Waals surface area contributed by atoms with Gasteiger partial charge in [0.2, 0.25) is 11.8 Å². The van der Waals surface area contributed by atoms with Crippen molar-refractivity contribution in [2.75, 3.05) is 20.2 Å². The third kappa shape index (κ3) is 3.47. The van der Waals surface area contributed by atoms with E-state index < -0.39 is 0 Å². The van der Waals surface area contributed by atoms with E-state index in [1.807, 2.05) is 0 Å². The molecule has 120 valence electrons. The second-order valence-corrected chi connectivity index (χ2v) is 5.50. The maximum Gasteiger partial charge on any atom is 0.227 e. The number of methoxy groups -OCH3 is 1. The number of hydrogen-bond donors (Lipinski definition) is 0. The van der Waals surface area contributed by atoms with E-state index in [0.29, 0.717) is 37.4 Å². The number of aromatic nitrogens is 2. The van der Waals surface area contributed by atoms with Crippen LogP contribution >= 0.6 is 0 Å². The van der Waals surface area contributed by atoms with Crippen LogP contribution in [0.25, 0.3) is 0 Å². The van der Waals surface area contributed by atoms with Gasteiger partial charge in [0.25, 0.3) is 0 Å². The fraction of sp³-hybridized carbons (Fsp3) is 0.353. The van der Waals surface area contributed by atoms with E-state index in [-0.39, 0.29) is 18.1 Å². The number of amides is 1. The monoisotopic (exact) mass is 315 g/mol. The van der Waals surface area contributed by atoms with Crippen molar-refractivity contribution in [3.63, 3.8) is 0 Å². The number of halogens is 1. The van der Waals surface area contributed by atoms with Gasteiger partial charge >= 0.3 is 0 Å². The first-order valence-electron chi connectivity index (χ1n) is 7.56. The zero-order chi connectivity index (χ0) is 16.2. The minimum absolute atomic E-state index is 0.00432. The molecule has 0 N–H and O–H groups in total. The van der Waals surface area contributed by atoms with Gasteiger partial charge in [0.05, 0.1) is 19.2 Å². The molecular weight excluding hydrogens is 297 g/mol. The van der Waals surface area contributed by atoms with Crippen LogP contribution in [0, 0.1) is 5.82 Å². The summed E-state index contributed by atoms with van der Waals surface area (Å²) in [6, 6.07) is 6.17. The number of fused-ring (bicyclic) bond motifs is 1. The fourth-order valence-corrected chi connectivity index (χ4v) is 2.86. The van der Waals surface area contributed by atoms with E-state index in [1.165, 1.54) is 18.5 Å². The van der Waals surface area contributed by atoms with Crippen LogP contribution in [0.2, 0.25) is 0 Å². The van der Waals surface area contributed by atoms with Gasteiger partial charge in [-0.15, -0.1) is 0 Å². The summed E-state index contributed by atoms with van der Waals surface area (Å²) in [4.78, 5) is 22.7. The van der Waals surface area contributed by atoms with Gasteiger partial charge in [-0.3, -0.25) is 4.79 Å². The fourth-order valence-electron chi connectivity index (χ4n) is 2.86. The van der Waals surface area contributed by atoms with E-state index in [4.69, 9.17) is 4.74 Å². The summed E-state index contributed by atoms with van der Waals surface area (Å²) in [5.41, 5.74) is 2.59. The van der Waals surface area contributed by atoms with Crippen LogP contribution in [0.5, 0.6) is 5.88 Å². The van der Waals surface area contributed by atoms with Crippen molar-refractivity contribution < 1.29 is 13.9 Å². The van der Waals surface area contributed by atoms with Gasteiger partial charge in [0.1, 0.15) is 12.1 Å². The Morgan fingerprint density at radius 2 is 2.13 bits per heavy atom. The second-order valence-electron chi connectivity index (χ2n) is 5.50. The number of hydrogen-bond acceptors (Lipinski definition) is 4. The van der Waals surface area contributed by atoms with Crippen LogP contribution in [0.3, 0.4) is 0 Å². The Morgan fingerprint density at radius 1 is 1.30 bits per heavy atom. The molecule has 0 unspecified atom stereocenters. The Bertz CT molecular complexity index is 721. The molecule has 2 aromatic rings. The largest absolute Gasteiger partial charge is 0.481 e. The maximum absolute atomic E-state index is 13.2. The first-order valence-corrected chi connectivity index (χ1v) is 7.56. The minimum Gasteiger partial charge on any atom is -0.481 e. The molecule has 3 rings (SSSR count). The SMILES string of the molecule is COc1ncnc2c1CCN(C(=O)Cc1cccc(F)c1)CC2. The Balaban J connectivity index is 1.70. The Labute approximate surface area is 134 Å². The molecule has 0 bridgehead atoms. The molecule has 0 spiro atoms. The molecule has 6 heteroatoms. The molecule has 1 aliphatic heterocycles. The number of nitrogens with zero attached hydrogens (tertiary/aromatic N) is 3. The summed E-state index contributed by atoms with van der Waals surface area (Å²) in [5.74, 6) is 0.253. The highest BCUT2D eigenvalue weighted by atomic mass is 19.1. The molecule has 1 aromatic heterocycles. The van der Waals surface area contributed by atoms with E-state index in [9.17, 15) is 9.18 Å². The van der Waals surface area contributed by atoms with Crippen molar-refractivity contribution in [3.05, 3.63) is 53.2 Å². The number of ether oxygens (including phenoxy) is 1. The highest BCUT2D eigenvalue weighted by Crippen LogP contribution is 2.22. The molecule has 5 nitrogen and oxygen atoms in total. The Kier molecular flexibility index (Phi) is 4.50. The highest BCUT2D eigenvalue weighted by molar-refractivity contribution is 5.79. The molecule has 2 heterocycles. The number of rotatable bonds is 3. The third-order valence-electron chi connectivity index (χ3n) is 4.04. The third-order valence-corrected chi connectivity index (χ3v) is 4.04. The van der Waals surface area contributed by atoms with Gasteiger partial charge < -0.3 is 9.64 Å². The summed E-state index contributed by atoms with van der Waals surface area (Å²) in [7, 11) is 1.58. The first kappa shape index (κ1) is 15.4. The van der Waals surface area contributed by atoms with Crippen LogP contribution in [0.4, 0.5) is 4.39 Å². The maximum atomic E-state index is 13.2. The second kappa shape index (κ2) is 6.73. The van der Waals surface area contributed by atoms with Crippen molar-refractivity contribution >= 4 is 5.91 Å². The topological polar surface area (TPSA) is 55.3 Å². The number of benzene rings is 1. The van der Waals surface area contributed by atoms with Crippen molar-refractivity contribution in [2.45, 2.75) is 19.3 Å². The average Bonchev–Trinajstić information content (AvgIpc) is 2.77. The van der Waals surface area contributed by atoms with Gasteiger partial charge in [0.15, 0.2) is 0 Å². The Hall–Kier alpha value is -2.50. The van der Waals surface area contributed by atoms with Crippen molar-refractivity contribution in [1.82, 2.24) is 14.9 Å². The summed E-state index contributed by atoms with van der Waals surface area (Å²) in [6.07, 6.45) is 3.02. The standard InChI is InChI=1S/C17H18FN3O2/c1-23-17-14-5-7-21(8-6-15(14)19-11-20-17)16(22)10-12-3-2-4-13(18)9-12/h2-4,9,11H,5-8,10H2,1H3. The lowest BCUT2D eigenvalue weighted by Gasteiger charge is -2.20. The summed E-state index contributed by atoms with van der Waals surface area (Å²) in [5, 5.41) is 0. The molecular formula is C17H18FN3O2. The van der Waals surface area contributed by atoms with Gasteiger partial charge in [-0.1, -0.05) is 12.1 Å². The normalized spacial score (nSPS) is 14.1. The lowest BCUT2D eigenvalue weighted by molar-refractivity contribution is -0.130. The summed E-state index contributed by atoms with van der Waals surface area (Å²) in [6.45, 7) is 1.19.